The number of carbonyl (C=O) groups excluding carboxylic acids is 2. The maximum Gasteiger partial charge on any atom is 0.314 e. The summed E-state index contributed by atoms with van der Waals surface area (Å²) < 4.78 is 24.1. The molecule has 0 spiro atoms. The van der Waals surface area contributed by atoms with Crippen molar-refractivity contribution in [2.24, 2.45) is 5.41 Å². The summed E-state index contributed by atoms with van der Waals surface area (Å²) in [6, 6.07) is 11.4. The first kappa shape index (κ1) is 21.2. The molecular formula is C23H23FN2O4S. The van der Waals surface area contributed by atoms with Crippen molar-refractivity contribution >= 4 is 23.2 Å². The molecule has 0 aliphatic carbocycles. The van der Waals surface area contributed by atoms with E-state index in [4.69, 9.17) is 9.26 Å². The number of aromatic nitrogens is 1. The summed E-state index contributed by atoms with van der Waals surface area (Å²) >= 11 is 1.39. The SMILES string of the molecule is CCOC(=O)[C@@]1(Cc2cc(-c3ccc(F)cc3)no2)CCCN(C(=O)c2cccs2)C1. The molecule has 6 nitrogen and oxygen atoms in total. The molecule has 0 bridgehead atoms. The molecule has 8 heteroatoms. The lowest BCUT2D eigenvalue weighted by Gasteiger charge is -2.40. The number of amides is 1. The smallest absolute Gasteiger partial charge is 0.314 e. The van der Waals surface area contributed by atoms with Gasteiger partial charge in [0.1, 0.15) is 17.3 Å². The molecule has 1 saturated heterocycles. The molecule has 1 aliphatic heterocycles. The topological polar surface area (TPSA) is 72.6 Å². The Morgan fingerprint density at radius 2 is 2.10 bits per heavy atom. The molecule has 1 aliphatic rings. The lowest BCUT2D eigenvalue weighted by molar-refractivity contribution is -0.158. The summed E-state index contributed by atoms with van der Waals surface area (Å²) in [7, 11) is 0. The maximum absolute atomic E-state index is 13.2. The van der Waals surface area contributed by atoms with E-state index in [1.54, 1.807) is 36.1 Å². The summed E-state index contributed by atoms with van der Waals surface area (Å²) in [5.41, 5.74) is 0.386. The van der Waals surface area contributed by atoms with E-state index < -0.39 is 5.41 Å². The van der Waals surface area contributed by atoms with Crippen molar-refractivity contribution in [3.63, 3.8) is 0 Å². The second kappa shape index (κ2) is 9.01. The number of rotatable bonds is 6. The highest BCUT2D eigenvalue weighted by atomic mass is 32.1. The Kier molecular flexibility index (Phi) is 6.18. The van der Waals surface area contributed by atoms with Gasteiger partial charge in [0.25, 0.3) is 5.91 Å². The molecular weight excluding hydrogens is 419 g/mol. The summed E-state index contributed by atoms with van der Waals surface area (Å²) in [5, 5.41) is 5.95. The van der Waals surface area contributed by atoms with Crippen LogP contribution in [0.2, 0.25) is 0 Å². The van der Waals surface area contributed by atoms with Crippen LogP contribution in [0.5, 0.6) is 0 Å². The predicted octanol–water partition coefficient (Wildman–Crippen LogP) is 4.57. The average Bonchev–Trinajstić information content (AvgIpc) is 3.47. The van der Waals surface area contributed by atoms with E-state index in [0.717, 1.165) is 5.56 Å². The van der Waals surface area contributed by atoms with Gasteiger partial charge in [0, 0.05) is 31.1 Å². The van der Waals surface area contributed by atoms with E-state index in [1.807, 2.05) is 11.4 Å². The Morgan fingerprint density at radius 3 is 2.81 bits per heavy atom. The fourth-order valence-electron chi connectivity index (χ4n) is 4.01. The van der Waals surface area contributed by atoms with E-state index in [9.17, 15) is 14.0 Å². The van der Waals surface area contributed by atoms with Crippen molar-refractivity contribution in [1.29, 1.82) is 0 Å². The number of nitrogens with zero attached hydrogens (tertiary/aromatic N) is 2. The van der Waals surface area contributed by atoms with Crippen molar-refractivity contribution in [2.45, 2.75) is 26.2 Å². The van der Waals surface area contributed by atoms with Crippen LogP contribution < -0.4 is 0 Å². The van der Waals surface area contributed by atoms with Crippen LogP contribution >= 0.6 is 11.3 Å². The van der Waals surface area contributed by atoms with Gasteiger partial charge in [-0.25, -0.2) is 4.39 Å². The van der Waals surface area contributed by atoms with E-state index >= 15 is 0 Å². The van der Waals surface area contributed by atoms with Gasteiger partial charge in [-0.2, -0.15) is 0 Å². The van der Waals surface area contributed by atoms with Crippen LogP contribution in [0.1, 0.15) is 35.2 Å². The Morgan fingerprint density at radius 1 is 1.29 bits per heavy atom. The van der Waals surface area contributed by atoms with Crippen LogP contribution in [-0.2, 0) is 16.0 Å². The van der Waals surface area contributed by atoms with Crippen molar-refractivity contribution in [3.05, 3.63) is 64.3 Å². The van der Waals surface area contributed by atoms with Gasteiger partial charge in [0.05, 0.1) is 16.9 Å². The van der Waals surface area contributed by atoms with Crippen molar-refractivity contribution in [2.75, 3.05) is 19.7 Å². The maximum atomic E-state index is 13.2. The minimum atomic E-state index is -0.902. The monoisotopic (exact) mass is 442 g/mol. The second-order valence-electron chi connectivity index (χ2n) is 7.67. The standard InChI is InChI=1S/C23H23FN2O4S/c1-2-29-22(28)23(10-4-11-26(15-23)21(27)20-5-3-12-31-20)14-18-13-19(25-30-18)16-6-8-17(24)9-7-16/h3,5-9,12-13H,2,4,10-11,14-15H2,1H3/t23-/m1/s1. The van der Waals surface area contributed by atoms with Crippen LogP contribution in [0.4, 0.5) is 4.39 Å². The lowest BCUT2D eigenvalue weighted by Crippen LogP contribution is -2.51. The zero-order valence-electron chi connectivity index (χ0n) is 17.2. The molecule has 162 valence electrons. The summed E-state index contributed by atoms with van der Waals surface area (Å²) in [4.78, 5) is 28.3. The zero-order chi connectivity index (χ0) is 21.8. The highest BCUT2D eigenvalue weighted by Crippen LogP contribution is 2.37. The first-order valence-corrected chi connectivity index (χ1v) is 11.1. The van der Waals surface area contributed by atoms with E-state index in [2.05, 4.69) is 5.16 Å². The van der Waals surface area contributed by atoms with Gasteiger partial charge >= 0.3 is 5.97 Å². The van der Waals surface area contributed by atoms with E-state index in [1.165, 1.54) is 23.5 Å². The third kappa shape index (κ3) is 4.54. The molecule has 0 N–H and O–H groups in total. The van der Waals surface area contributed by atoms with E-state index in [0.29, 0.717) is 35.7 Å². The van der Waals surface area contributed by atoms with Crippen LogP contribution in [-0.4, -0.2) is 41.6 Å². The number of thiophene rings is 1. The van der Waals surface area contributed by atoms with Gasteiger partial charge in [-0.3, -0.25) is 9.59 Å². The number of carbonyl (C=O) groups is 2. The first-order valence-electron chi connectivity index (χ1n) is 10.2. The van der Waals surface area contributed by atoms with Crippen LogP contribution in [0.25, 0.3) is 11.3 Å². The highest BCUT2D eigenvalue weighted by molar-refractivity contribution is 7.12. The molecule has 3 heterocycles. The number of likely N-dealkylation sites (tertiary alicyclic amines) is 1. The minimum absolute atomic E-state index is 0.0760. The van der Waals surface area contributed by atoms with Crippen molar-refractivity contribution < 1.29 is 23.2 Å². The van der Waals surface area contributed by atoms with Gasteiger partial charge in [-0.15, -0.1) is 11.3 Å². The molecule has 3 aromatic rings. The Balaban J connectivity index is 1.58. The van der Waals surface area contributed by atoms with Gasteiger partial charge < -0.3 is 14.2 Å². The molecule has 1 atom stereocenters. The van der Waals surface area contributed by atoms with Gasteiger partial charge in [0.15, 0.2) is 0 Å². The quantitative estimate of drug-likeness (QED) is 0.523. The number of esters is 1. The summed E-state index contributed by atoms with van der Waals surface area (Å²) in [6.07, 6.45) is 1.55. The molecule has 31 heavy (non-hydrogen) atoms. The predicted molar refractivity (Wildman–Crippen MR) is 114 cm³/mol. The minimum Gasteiger partial charge on any atom is -0.466 e. The third-order valence-corrected chi connectivity index (χ3v) is 6.37. The van der Waals surface area contributed by atoms with Gasteiger partial charge in [0.2, 0.25) is 0 Å². The van der Waals surface area contributed by atoms with Gasteiger partial charge in [-0.05, 0) is 55.5 Å². The van der Waals surface area contributed by atoms with Crippen LogP contribution in [0.15, 0.2) is 52.4 Å². The summed E-state index contributed by atoms with van der Waals surface area (Å²) in [6.45, 7) is 2.88. The number of hydrogen-bond acceptors (Lipinski definition) is 6. The Hall–Kier alpha value is -3.00. The summed E-state index contributed by atoms with van der Waals surface area (Å²) in [5.74, 6) is -0.212. The van der Waals surface area contributed by atoms with Crippen molar-refractivity contribution in [3.8, 4) is 11.3 Å². The average molecular weight is 443 g/mol. The molecule has 1 aromatic carbocycles. The Labute approximate surface area is 183 Å². The molecule has 1 amide bonds. The number of piperidine rings is 1. The zero-order valence-corrected chi connectivity index (χ0v) is 18.0. The molecule has 0 unspecified atom stereocenters. The first-order chi connectivity index (χ1) is 15.0. The molecule has 1 fully saturated rings. The number of ether oxygens (including phenoxy) is 1. The van der Waals surface area contributed by atoms with Crippen LogP contribution in [0.3, 0.4) is 0 Å². The van der Waals surface area contributed by atoms with E-state index in [-0.39, 0.29) is 37.3 Å². The second-order valence-corrected chi connectivity index (χ2v) is 8.62. The largest absolute Gasteiger partial charge is 0.466 e. The third-order valence-electron chi connectivity index (χ3n) is 5.52. The van der Waals surface area contributed by atoms with Crippen LogP contribution in [0, 0.1) is 11.2 Å². The lowest BCUT2D eigenvalue weighted by atomic mass is 9.76. The number of benzene rings is 1. The molecule has 2 aromatic heterocycles. The Bertz CT molecular complexity index is 1050. The number of halogens is 1. The highest BCUT2D eigenvalue weighted by Gasteiger charge is 2.46. The van der Waals surface area contributed by atoms with Crippen molar-refractivity contribution in [1.82, 2.24) is 10.1 Å². The molecule has 0 saturated carbocycles. The molecule has 4 rings (SSSR count). The normalized spacial score (nSPS) is 18.7. The number of hydrogen-bond donors (Lipinski definition) is 0. The van der Waals surface area contributed by atoms with Gasteiger partial charge in [-0.1, -0.05) is 11.2 Å². The molecule has 0 radical (unpaired) electrons. The fraction of sp³-hybridized carbons (Fsp3) is 0.348. The fourth-order valence-corrected chi connectivity index (χ4v) is 4.71.